The van der Waals surface area contributed by atoms with Crippen molar-refractivity contribution in [3.8, 4) is 0 Å². The van der Waals surface area contributed by atoms with E-state index in [0.29, 0.717) is 22.6 Å². The number of aryl methyl sites for hydroxylation is 2. The smallest absolute Gasteiger partial charge is 0.175 e. The number of hydrogen-bond donors (Lipinski definition) is 0. The van der Waals surface area contributed by atoms with E-state index in [2.05, 4.69) is 10.2 Å². The van der Waals surface area contributed by atoms with Crippen LogP contribution in [0.25, 0.3) is 0 Å². The Hall–Kier alpha value is -1.96. The monoisotopic (exact) mass is 414 g/mol. The molecule has 0 aliphatic carbocycles. The molecule has 0 bridgehead atoms. The van der Waals surface area contributed by atoms with Crippen LogP contribution in [0, 0.1) is 13.8 Å². The van der Waals surface area contributed by atoms with Gasteiger partial charge in [-0.3, -0.25) is 9.59 Å². The summed E-state index contributed by atoms with van der Waals surface area (Å²) in [5.41, 5.74) is 3.67. The van der Waals surface area contributed by atoms with Crippen LogP contribution in [-0.4, -0.2) is 33.3 Å². The maximum Gasteiger partial charge on any atom is 0.175 e. The topological polar surface area (TPSA) is 59.9 Å². The zero-order chi connectivity index (χ0) is 19.2. The molecule has 0 spiro atoms. The minimum atomic E-state index is 0.0685. The Morgan fingerprint density at radius 3 is 1.48 bits per heavy atom. The molecule has 3 rings (SSSR count). The average Bonchev–Trinajstić information content (AvgIpc) is 3.13. The number of rotatable bonds is 8. The molecule has 1 aromatic heterocycles. The summed E-state index contributed by atoms with van der Waals surface area (Å²) in [4.78, 5) is 24.4. The van der Waals surface area contributed by atoms with Gasteiger partial charge < -0.3 is 0 Å². The molecule has 0 unspecified atom stereocenters. The molecule has 0 N–H and O–H groups in total. The van der Waals surface area contributed by atoms with Crippen molar-refractivity contribution < 1.29 is 9.59 Å². The molecule has 0 atom stereocenters. The Kier molecular flexibility index (Phi) is 6.82. The molecule has 27 heavy (non-hydrogen) atoms. The van der Waals surface area contributed by atoms with Crippen molar-refractivity contribution in [1.82, 2.24) is 10.2 Å². The third kappa shape index (κ3) is 5.76. The molecule has 1 heterocycles. The fourth-order valence-corrected chi connectivity index (χ4v) is 5.02. The number of carbonyl (C=O) groups excluding carboxylic acids is 2. The van der Waals surface area contributed by atoms with E-state index in [9.17, 15) is 9.59 Å². The van der Waals surface area contributed by atoms with Crippen molar-refractivity contribution in [2.45, 2.75) is 22.5 Å². The summed E-state index contributed by atoms with van der Waals surface area (Å²) in [6.45, 7) is 3.99. The molecule has 0 amide bonds. The molecule has 0 saturated heterocycles. The Balaban J connectivity index is 1.49. The maximum atomic E-state index is 12.2. The first-order valence-electron chi connectivity index (χ1n) is 8.30. The molecule has 4 nitrogen and oxygen atoms in total. The summed E-state index contributed by atoms with van der Waals surface area (Å²) in [7, 11) is 0. The lowest BCUT2D eigenvalue weighted by Gasteiger charge is -2.00. The van der Waals surface area contributed by atoms with Gasteiger partial charge >= 0.3 is 0 Å². The summed E-state index contributed by atoms with van der Waals surface area (Å²) in [5, 5.41) is 8.21. The van der Waals surface area contributed by atoms with Gasteiger partial charge in [0.05, 0.1) is 11.5 Å². The second-order valence-corrected chi connectivity index (χ2v) is 9.41. The molecule has 3 aromatic rings. The zero-order valence-electron chi connectivity index (χ0n) is 15.0. The number of aromatic nitrogens is 2. The Morgan fingerprint density at radius 2 is 1.11 bits per heavy atom. The fraction of sp³-hybridized carbons (Fsp3) is 0.200. The average molecular weight is 415 g/mol. The van der Waals surface area contributed by atoms with Gasteiger partial charge in [0.15, 0.2) is 20.2 Å². The first-order chi connectivity index (χ1) is 13.0. The molecule has 0 aliphatic heterocycles. The van der Waals surface area contributed by atoms with E-state index < -0.39 is 0 Å². The SMILES string of the molecule is Cc1ccc(C(=O)CSc2nnc(SCC(=O)c3ccc(C)cc3)s2)cc1. The second-order valence-electron chi connectivity index (χ2n) is 5.99. The minimum absolute atomic E-state index is 0.0685. The van der Waals surface area contributed by atoms with Gasteiger partial charge in [-0.05, 0) is 13.8 Å². The van der Waals surface area contributed by atoms with Crippen molar-refractivity contribution >= 4 is 46.4 Å². The number of thioether (sulfide) groups is 2. The second kappa shape index (κ2) is 9.30. The summed E-state index contributed by atoms with van der Waals surface area (Å²) in [6.07, 6.45) is 0. The first kappa shape index (κ1) is 19.8. The number of benzene rings is 2. The summed E-state index contributed by atoms with van der Waals surface area (Å²) in [6, 6.07) is 15.1. The summed E-state index contributed by atoms with van der Waals surface area (Å²) < 4.78 is 1.47. The summed E-state index contributed by atoms with van der Waals surface area (Å²) >= 11 is 4.17. The van der Waals surface area contributed by atoms with Gasteiger partial charge in [-0.15, -0.1) is 10.2 Å². The molecular weight excluding hydrogens is 396 g/mol. The van der Waals surface area contributed by atoms with Crippen LogP contribution in [-0.2, 0) is 0 Å². The fourth-order valence-electron chi connectivity index (χ4n) is 2.21. The molecule has 2 aromatic carbocycles. The predicted molar refractivity (Wildman–Crippen MR) is 112 cm³/mol. The van der Waals surface area contributed by atoms with E-state index in [1.54, 1.807) is 0 Å². The van der Waals surface area contributed by atoms with Crippen LogP contribution in [0.2, 0.25) is 0 Å². The molecule has 0 radical (unpaired) electrons. The highest BCUT2D eigenvalue weighted by Gasteiger charge is 2.12. The van der Waals surface area contributed by atoms with E-state index in [-0.39, 0.29) is 11.6 Å². The van der Waals surface area contributed by atoms with Crippen molar-refractivity contribution in [3.05, 3.63) is 70.8 Å². The quantitative estimate of drug-likeness (QED) is 0.377. The number of nitrogens with zero attached hydrogens (tertiary/aromatic N) is 2. The van der Waals surface area contributed by atoms with Gasteiger partial charge in [-0.2, -0.15) is 0 Å². The number of hydrogen-bond acceptors (Lipinski definition) is 7. The van der Waals surface area contributed by atoms with Gasteiger partial charge in [0.1, 0.15) is 0 Å². The number of carbonyl (C=O) groups is 2. The largest absolute Gasteiger partial charge is 0.293 e. The molecular formula is C20H18N2O2S3. The molecule has 0 fully saturated rings. The molecule has 7 heteroatoms. The zero-order valence-corrected chi connectivity index (χ0v) is 17.4. The molecule has 138 valence electrons. The van der Waals surface area contributed by atoms with Gasteiger partial charge in [-0.1, -0.05) is 94.5 Å². The van der Waals surface area contributed by atoms with Gasteiger partial charge in [-0.25, -0.2) is 0 Å². The Morgan fingerprint density at radius 1 is 0.741 bits per heavy atom. The third-order valence-electron chi connectivity index (χ3n) is 3.79. The van der Waals surface area contributed by atoms with Crippen LogP contribution < -0.4 is 0 Å². The highest BCUT2D eigenvalue weighted by Crippen LogP contribution is 2.29. The van der Waals surface area contributed by atoms with E-state index >= 15 is 0 Å². The normalized spacial score (nSPS) is 10.7. The van der Waals surface area contributed by atoms with Crippen LogP contribution in [0.3, 0.4) is 0 Å². The number of ketones is 2. The Bertz CT molecular complexity index is 859. The van der Waals surface area contributed by atoms with E-state index in [4.69, 9.17) is 0 Å². The maximum absolute atomic E-state index is 12.2. The van der Waals surface area contributed by atoms with Gasteiger partial charge in [0.2, 0.25) is 0 Å². The lowest BCUT2D eigenvalue weighted by molar-refractivity contribution is 0.101. The lowest BCUT2D eigenvalue weighted by atomic mass is 10.1. The minimum Gasteiger partial charge on any atom is -0.293 e. The van der Waals surface area contributed by atoms with E-state index in [1.807, 2.05) is 62.4 Å². The van der Waals surface area contributed by atoms with Crippen molar-refractivity contribution in [2.24, 2.45) is 0 Å². The van der Waals surface area contributed by atoms with E-state index in [1.165, 1.54) is 34.9 Å². The van der Waals surface area contributed by atoms with Gasteiger partial charge in [0, 0.05) is 11.1 Å². The van der Waals surface area contributed by atoms with Crippen molar-refractivity contribution in [1.29, 1.82) is 0 Å². The van der Waals surface area contributed by atoms with E-state index in [0.717, 1.165) is 19.8 Å². The molecule has 0 saturated carbocycles. The Labute approximate surface area is 170 Å². The standard InChI is InChI=1S/C20H18N2O2S3/c1-13-3-7-15(8-4-13)17(23)11-25-19-21-22-20(27-19)26-12-18(24)16-9-5-14(2)6-10-16/h3-10H,11-12H2,1-2H3. The lowest BCUT2D eigenvalue weighted by Crippen LogP contribution is -2.01. The molecule has 0 aliphatic rings. The van der Waals surface area contributed by atoms with Gasteiger partial charge in [0.25, 0.3) is 0 Å². The van der Waals surface area contributed by atoms with Crippen molar-refractivity contribution in [2.75, 3.05) is 11.5 Å². The van der Waals surface area contributed by atoms with Crippen LogP contribution in [0.4, 0.5) is 0 Å². The first-order valence-corrected chi connectivity index (χ1v) is 11.1. The van der Waals surface area contributed by atoms with Crippen molar-refractivity contribution in [3.63, 3.8) is 0 Å². The third-order valence-corrected chi connectivity index (χ3v) is 6.98. The summed E-state index contributed by atoms with van der Waals surface area (Å²) in [5.74, 6) is 0.785. The van der Waals surface area contributed by atoms with Crippen LogP contribution in [0.5, 0.6) is 0 Å². The predicted octanol–water partition coefficient (Wildman–Crippen LogP) is 5.10. The number of Topliss-reactive ketones (excluding diaryl/α,β-unsaturated/α-hetero) is 2. The van der Waals surface area contributed by atoms with Crippen LogP contribution >= 0.6 is 34.9 Å². The highest BCUT2D eigenvalue weighted by atomic mass is 32.2. The van der Waals surface area contributed by atoms with Crippen LogP contribution in [0.15, 0.2) is 57.2 Å². The highest BCUT2D eigenvalue weighted by molar-refractivity contribution is 8.03. The van der Waals surface area contributed by atoms with Crippen LogP contribution in [0.1, 0.15) is 31.8 Å².